The van der Waals surface area contributed by atoms with Gasteiger partial charge in [-0.3, -0.25) is 0 Å². The summed E-state index contributed by atoms with van der Waals surface area (Å²) >= 11 is 0. The molecule has 0 aliphatic rings. The molecule has 108 valence electrons. The lowest BCUT2D eigenvalue weighted by Gasteiger charge is -2.01. The average Bonchev–Trinajstić information content (AvgIpc) is 3.00. The highest BCUT2D eigenvalue weighted by Crippen LogP contribution is 2.28. The summed E-state index contributed by atoms with van der Waals surface area (Å²) in [6.45, 7) is 3.82. The van der Waals surface area contributed by atoms with E-state index < -0.39 is 5.97 Å². The molecular weight excluding hydrogens is 270 g/mol. The molecule has 0 saturated heterocycles. The van der Waals surface area contributed by atoms with Crippen LogP contribution in [0.1, 0.15) is 28.9 Å². The van der Waals surface area contributed by atoms with E-state index in [1.807, 2.05) is 43.7 Å². The monoisotopic (exact) mass is 285 g/mol. The van der Waals surface area contributed by atoms with Crippen LogP contribution in [-0.4, -0.2) is 25.8 Å². The van der Waals surface area contributed by atoms with Crippen molar-refractivity contribution < 1.29 is 14.4 Å². The number of hydrogen-bond acceptors (Lipinski definition) is 4. The first kappa shape index (κ1) is 13.4. The first-order chi connectivity index (χ1) is 10.0. The molecule has 0 saturated carbocycles. The zero-order chi connectivity index (χ0) is 15.1. The molecule has 6 nitrogen and oxygen atoms in total. The Morgan fingerprint density at radius 2 is 2.19 bits per heavy atom. The van der Waals surface area contributed by atoms with E-state index >= 15 is 0 Å². The second kappa shape index (κ2) is 4.73. The highest BCUT2D eigenvalue weighted by atomic mass is 16.5. The van der Waals surface area contributed by atoms with Crippen molar-refractivity contribution in [2.45, 2.75) is 20.3 Å². The van der Waals surface area contributed by atoms with Crippen molar-refractivity contribution in [2.75, 3.05) is 0 Å². The standard InChI is InChI=1S/C15H15N3O3/c1-4-10-13(17-21-14(10)15(19)20)9-5-6-12-11(7-9)16-8(2)18(12)3/h5-7H,4H2,1-3H3,(H,19,20). The van der Waals surface area contributed by atoms with Crippen molar-refractivity contribution in [2.24, 2.45) is 7.05 Å². The van der Waals surface area contributed by atoms with Crippen LogP contribution in [0, 0.1) is 6.92 Å². The van der Waals surface area contributed by atoms with Gasteiger partial charge in [-0.1, -0.05) is 18.1 Å². The Kier molecular flexibility index (Phi) is 3.01. The largest absolute Gasteiger partial charge is 0.475 e. The lowest BCUT2D eigenvalue weighted by Crippen LogP contribution is -1.98. The van der Waals surface area contributed by atoms with E-state index in [0.717, 1.165) is 22.4 Å². The number of carboxylic acids is 1. The molecule has 3 aromatic rings. The topological polar surface area (TPSA) is 81.2 Å². The Labute approximate surface area is 121 Å². The number of nitrogens with zero attached hydrogens (tertiary/aromatic N) is 3. The van der Waals surface area contributed by atoms with Crippen molar-refractivity contribution >= 4 is 17.0 Å². The summed E-state index contributed by atoms with van der Waals surface area (Å²) in [6, 6.07) is 5.77. The van der Waals surface area contributed by atoms with Gasteiger partial charge in [-0.25, -0.2) is 9.78 Å². The van der Waals surface area contributed by atoms with Crippen molar-refractivity contribution in [3.8, 4) is 11.3 Å². The van der Waals surface area contributed by atoms with Gasteiger partial charge in [0.1, 0.15) is 11.5 Å². The number of carboxylic acid groups (broad SMARTS) is 1. The lowest BCUT2D eigenvalue weighted by atomic mass is 10.0. The first-order valence-corrected chi connectivity index (χ1v) is 6.68. The first-order valence-electron chi connectivity index (χ1n) is 6.68. The predicted molar refractivity (Wildman–Crippen MR) is 77.3 cm³/mol. The average molecular weight is 285 g/mol. The number of aryl methyl sites for hydroxylation is 2. The SMILES string of the molecule is CCc1c(-c2ccc3c(c2)nc(C)n3C)noc1C(=O)O. The summed E-state index contributed by atoms with van der Waals surface area (Å²) in [4.78, 5) is 15.6. The Hall–Kier alpha value is -2.63. The molecule has 2 heterocycles. The van der Waals surface area contributed by atoms with Crippen LogP contribution in [0.2, 0.25) is 0 Å². The number of aromatic carboxylic acids is 1. The van der Waals surface area contributed by atoms with Gasteiger partial charge in [0.05, 0.1) is 11.0 Å². The maximum absolute atomic E-state index is 11.1. The van der Waals surface area contributed by atoms with E-state index in [1.165, 1.54) is 0 Å². The molecule has 3 rings (SSSR count). The van der Waals surface area contributed by atoms with Crippen LogP contribution >= 0.6 is 0 Å². The molecule has 0 aliphatic carbocycles. The summed E-state index contributed by atoms with van der Waals surface area (Å²) in [6.07, 6.45) is 0.541. The summed E-state index contributed by atoms with van der Waals surface area (Å²) in [7, 11) is 1.96. The molecule has 0 aliphatic heterocycles. The Bertz CT molecular complexity index is 845. The van der Waals surface area contributed by atoms with Crippen LogP contribution in [0.15, 0.2) is 22.7 Å². The van der Waals surface area contributed by atoms with E-state index in [2.05, 4.69) is 10.1 Å². The molecular formula is C15H15N3O3. The molecule has 2 aromatic heterocycles. The molecule has 0 atom stereocenters. The number of imidazole rings is 1. The Balaban J connectivity index is 2.19. The third-order valence-electron chi connectivity index (χ3n) is 3.71. The van der Waals surface area contributed by atoms with Crippen LogP contribution in [0.5, 0.6) is 0 Å². The number of hydrogen-bond donors (Lipinski definition) is 1. The van der Waals surface area contributed by atoms with E-state index in [-0.39, 0.29) is 5.76 Å². The van der Waals surface area contributed by atoms with Gasteiger partial charge in [-0.2, -0.15) is 0 Å². The summed E-state index contributed by atoms with van der Waals surface area (Å²) in [5.41, 5.74) is 3.87. The fourth-order valence-electron chi connectivity index (χ4n) is 2.50. The fraction of sp³-hybridized carbons (Fsp3) is 0.267. The third-order valence-corrected chi connectivity index (χ3v) is 3.71. The fourth-order valence-corrected chi connectivity index (χ4v) is 2.50. The molecule has 0 unspecified atom stereocenters. The minimum Gasteiger partial charge on any atom is -0.475 e. The van der Waals surface area contributed by atoms with Gasteiger partial charge in [-0.05, 0) is 25.5 Å². The summed E-state index contributed by atoms with van der Waals surface area (Å²) < 4.78 is 6.97. The second-order valence-corrected chi connectivity index (χ2v) is 4.92. The molecule has 0 bridgehead atoms. The molecule has 6 heteroatoms. The zero-order valence-electron chi connectivity index (χ0n) is 12.0. The van der Waals surface area contributed by atoms with E-state index in [9.17, 15) is 4.79 Å². The summed E-state index contributed by atoms with van der Waals surface area (Å²) in [5, 5.41) is 13.0. The molecule has 0 amide bonds. The van der Waals surface area contributed by atoms with Crippen molar-refractivity contribution in [3.05, 3.63) is 35.3 Å². The highest BCUT2D eigenvalue weighted by Gasteiger charge is 2.21. The quantitative estimate of drug-likeness (QED) is 0.800. The van der Waals surface area contributed by atoms with Gasteiger partial charge in [0.25, 0.3) is 0 Å². The number of benzene rings is 1. The van der Waals surface area contributed by atoms with Gasteiger partial charge in [0.15, 0.2) is 0 Å². The van der Waals surface area contributed by atoms with E-state index in [4.69, 9.17) is 9.63 Å². The number of rotatable bonds is 3. The zero-order valence-corrected chi connectivity index (χ0v) is 12.0. The minimum absolute atomic E-state index is 0.0928. The Morgan fingerprint density at radius 1 is 1.43 bits per heavy atom. The van der Waals surface area contributed by atoms with E-state index in [1.54, 1.807) is 0 Å². The van der Waals surface area contributed by atoms with Crippen LogP contribution in [-0.2, 0) is 13.5 Å². The van der Waals surface area contributed by atoms with Crippen molar-refractivity contribution in [1.29, 1.82) is 0 Å². The van der Waals surface area contributed by atoms with Crippen LogP contribution in [0.25, 0.3) is 22.3 Å². The molecule has 0 spiro atoms. The predicted octanol–water partition coefficient (Wildman–Crippen LogP) is 2.80. The van der Waals surface area contributed by atoms with Crippen LogP contribution < -0.4 is 0 Å². The molecule has 21 heavy (non-hydrogen) atoms. The maximum Gasteiger partial charge on any atom is 0.375 e. The lowest BCUT2D eigenvalue weighted by molar-refractivity contribution is 0.0650. The third kappa shape index (κ3) is 1.99. The minimum atomic E-state index is -1.10. The molecule has 0 radical (unpaired) electrons. The van der Waals surface area contributed by atoms with Crippen molar-refractivity contribution in [3.63, 3.8) is 0 Å². The smallest absolute Gasteiger partial charge is 0.375 e. The van der Waals surface area contributed by atoms with Crippen LogP contribution in [0.3, 0.4) is 0 Å². The molecule has 1 aromatic carbocycles. The van der Waals surface area contributed by atoms with Gasteiger partial charge in [-0.15, -0.1) is 0 Å². The van der Waals surface area contributed by atoms with Gasteiger partial charge in [0.2, 0.25) is 5.76 Å². The summed E-state index contributed by atoms with van der Waals surface area (Å²) in [5.74, 6) is -0.269. The number of aromatic nitrogens is 3. The van der Waals surface area contributed by atoms with Crippen molar-refractivity contribution in [1.82, 2.24) is 14.7 Å². The Morgan fingerprint density at radius 3 is 2.86 bits per heavy atom. The van der Waals surface area contributed by atoms with Gasteiger partial charge in [0, 0.05) is 18.2 Å². The van der Waals surface area contributed by atoms with E-state index in [0.29, 0.717) is 17.7 Å². The molecule has 1 N–H and O–H groups in total. The maximum atomic E-state index is 11.1. The number of fused-ring (bicyclic) bond motifs is 1. The normalized spacial score (nSPS) is 11.2. The number of carbonyl (C=O) groups is 1. The second-order valence-electron chi connectivity index (χ2n) is 4.92. The van der Waals surface area contributed by atoms with Gasteiger partial charge < -0.3 is 14.2 Å². The highest BCUT2D eigenvalue weighted by molar-refractivity contribution is 5.89. The van der Waals surface area contributed by atoms with Gasteiger partial charge >= 0.3 is 5.97 Å². The molecule has 0 fully saturated rings. The van der Waals surface area contributed by atoms with Crippen LogP contribution in [0.4, 0.5) is 0 Å².